The maximum Gasteiger partial charge on any atom is 0.132 e. The molecule has 2 N–H and O–H groups in total. The van der Waals surface area contributed by atoms with Gasteiger partial charge in [-0.1, -0.05) is 54.6 Å². The molecule has 2 heterocycles. The molecule has 0 spiro atoms. The maximum atomic E-state index is 11.7. The first kappa shape index (κ1) is 20.9. The van der Waals surface area contributed by atoms with Crippen LogP contribution in [-0.4, -0.2) is 40.7 Å². The molecule has 1 aliphatic heterocycles. The van der Waals surface area contributed by atoms with Gasteiger partial charge < -0.3 is 15.3 Å². The van der Waals surface area contributed by atoms with Gasteiger partial charge in [-0.05, 0) is 61.4 Å². The molecular formula is C29H33N3O. The Balaban J connectivity index is 1.26. The molecule has 170 valence electrons. The molecule has 2 aliphatic carbocycles. The maximum absolute atomic E-state index is 11.7. The summed E-state index contributed by atoms with van der Waals surface area (Å²) in [4.78, 5) is 7.12. The molecule has 0 amide bonds. The van der Waals surface area contributed by atoms with Gasteiger partial charge in [0.15, 0.2) is 0 Å². The Labute approximate surface area is 196 Å². The molecule has 4 heteroatoms. The zero-order valence-electron chi connectivity index (χ0n) is 19.6. The van der Waals surface area contributed by atoms with Gasteiger partial charge in [0.25, 0.3) is 0 Å². The van der Waals surface area contributed by atoms with Gasteiger partial charge in [0, 0.05) is 48.8 Å². The molecule has 3 aromatic rings. The number of pyridine rings is 1. The van der Waals surface area contributed by atoms with Crippen LogP contribution in [0, 0.1) is 0 Å². The molecule has 3 aliphatic rings. The highest BCUT2D eigenvalue weighted by molar-refractivity contribution is 5.63. The van der Waals surface area contributed by atoms with Crippen LogP contribution in [0.15, 0.2) is 66.9 Å². The summed E-state index contributed by atoms with van der Waals surface area (Å²) in [6.07, 6.45) is 4.44. The number of aliphatic hydroxyl groups is 1. The second-order valence-electron chi connectivity index (χ2n) is 10.5. The first-order chi connectivity index (χ1) is 16.0. The van der Waals surface area contributed by atoms with Gasteiger partial charge in [-0.2, -0.15) is 0 Å². The van der Waals surface area contributed by atoms with Gasteiger partial charge >= 0.3 is 0 Å². The first-order valence-corrected chi connectivity index (χ1v) is 12.4. The minimum absolute atomic E-state index is 0.0754. The van der Waals surface area contributed by atoms with E-state index in [4.69, 9.17) is 0 Å². The van der Waals surface area contributed by atoms with Crippen LogP contribution in [0.25, 0.3) is 0 Å². The molecular weight excluding hydrogens is 406 g/mol. The molecule has 2 bridgehead atoms. The molecule has 33 heavy (non-hydrogen) atoms. The van der Waals surface area contributed by atoms with Crippen LogP contribution in [0.4, 0.5) is 5.82 Å². The quantitative estimate of drug-likeness (QED) is 0.586. The smallest absolute Gasteiger partial charge is 0.132 e. The summed E-state index contributed by atoms with van der Waals surface area (Å²) in [7, 11) is 0. The number of aromatic nitrogens is 1. The first-order valence-electron chi connectivity index (χ1n) is 12.4. The van der Waals surface area contributed by atoms with Crippen LogP contribution >= 0.6 is 0 Å². The Morgan fingerprint density at radius 1 is 0.939 bits per heavy atom. The average molecular weight is 440 g/mol. The van der Waals surface area contributed by atoms with Gasteiger partial charge in [0.1, 0.15) is 5.82 Å². The fourth-order valence-electron chi connectivity index (χ4n) is 6.71. The molecule has 0 saturated carbocycles. The van der Waals surface area contributed by atoms with Crippen LogP contribution in [-0.2, 0) is 11.0 Å². The van der Waals surface area contributed by atoms with Crippen molar-refractivity contribution < 1.29 is 5.11 Å². The Hall–Kier alpha value is -2.69. The number of nitrogens with one attached hydrogen (secondary N) is 1. The van der Waals surface area contributed by atoms with Crippen molar-refractivity contribution in [3.63, 3.8) is 0 Å². The lowest BCUT2D eigenvalue weighted by molar-refractivity contribution is -0.0286. The van der Waals surface area contributed by atoms with E-state index in [0.717, 1.165) is 43.9 Å². The lowest BCUT2D eigenvalue weighted by atomic mass is 9.74. The second kappa shape index (κ2) is 7.68. The van der Waals surface area contributed by atoms with Crippen molar-refractivity contribution in [2.45, 2.75) is 56.1 Å². The summed E-state index contributed by atoms with van der Waals surface area (Å²) >= 11 is 0. The molecule has 0 radical (unpaired) electrons. The highest BCUT2D eigenvalue weighted by Crippen LogP contribution is 2.60. The van der Waals surface area contributed by atoms with E-state index < -0.39 is 5.60 Å². The lowest BCUT2D eigenvalue weighted by Crippen LogP contribution is -2.48. The SMILES string of the molecule is CC(C)Nc1ncccc1C1(O)CCN(CC23CC(c4ccccc42)c2ccccc23)CC1. The average Bonchev–Trinajstić information content (AvgIpc) is 3.33. The number of hydrogen-bond acceptors (Lipinski definition) is 4. The molecule has 1 saturated heterocycles. The van der Waals surface area contributed by atoms with Crippen LogP contribution in [0.3, 0.4) is 0 Å². The summed E-state index contributed by atoms with van der Waals surface area (Å²) in [5.41, 5.74) is 6.26. The second-order valence-corrected chi connectivity index (χ2v) is 10.5. The number of likely N-dealkylation sites (tertiary alicyclic amines) is 1. The van der Waals surface area contributed by atoms with E-state index in [1.165, 1.54) is 28.7 Å². The summed E-state index contributed by atoms with van der Waals surface area (Å²) in [5, 5.41) is 15.1. The van der Waals surface area contributed by atoms with Gasteiger partial charge in [0.2, 0.25) is 0 Å². The van der Waals surface area contributed by atoms with Gasteiger partial charge in [0.05, 0.1) is 5.60 Å². The number of piperidine rings is 1. The van der Waals surface area contributed by atoms with E-state index in [0.29, 0.717) is 5.92 Å². The predicted molar refractivity (Wildman–Crippen MR) is 133 cm³/mol. The number of hydrogen-bond donors (Lipinski definition) is 2. The normalized spacial score (nSPS) is 25.2. The van der Waals surface area contributed by atoms with Crippen LogP contribution < -0.4 is 5.32 Å². The molecule has 6 rings (SSSR count). The number of rotatable bonds is 5. The summed E-state index contributed by atoms with van der Waals surface area (Å²) in [6.45, 7) is 7.03. The fraction of sp³-hybridized carbons (Fsp3) is 0.414. The van der Waals surface area contributed by atoms with Crippen molar-refractivity contribution in [2.75, 3.05) is 25.0 Å². The zero-order valence-corrected chi connectivity index (χ0v) is 19.6. The third-order valence-corrected chi connectivity index (χ3v) is 8.17. The van der Waals surface area contributed by atoms with Crippen molar-refractivity contribution in [1.82, 2.24) is 9.88 Å². The fourth-order valence-corrected chi connectivity index (χ4v) is 6.71. The minimum Gasteiger partial charge on any atom is -0.385 e. The van der Waals surface area contributed by atoms with Crippen molar-refractivity contribution in [3.8, 4) is 0 Å². The van der Waals surface area contributed by atoms with Gasteiger partial charge in [-0.25, -0.2) is 4.98 Å². The topological polar surface area (TPSA) is 48.4 Å². The molecule has 1 fully saturated rings. The van der Waals surface area contributed by atoms with E-state index in [-0.39, 0.29) is 11.5 Å². The van der Waals surface area contributed by atoms with Gasteiger partial charge in [-0.3, -0.25) is 0 Å². The van der Waals surface area contributed by atoms with Crippen LogP contribution in [0.1, 0.15) is 66.8 Å². The van der Waals surface area contributed by atoms with Crippen LogP contribution in [0.2, 0.25) is 0 Å². The van der Waals surface area contributed by atoms with E-state index in [1.807, 2.05) is 12.1 Å². The Bertz CT molecular complexity index is 1130. The van der Waals surface area contributed by atoms with E-state index >= 15 is 0 Å². The third-order valence-electron chi connectivity index (χ3n) is 8.17. The Kier molecular flexibility index (Phi) is 4.86. The zero-order chi connectivity index (χ0) is 22.6. The van der Waals surface area contributed by atoms with Crippen molar-refractivity contribution in [1.29, 1.82) is 0 Å². The van der Waals surface area contributed by atoms with Crippen LogP contribution in [0.5, 0.6) is 0 Å². The number of anilines is 1. The largest absolute Gasteiger partial charge is 0.385 e. The number of fused-ring (bicyclic) bond motifs is 8. The standard InChI is InChI=1S/C29H33N3O/c1-20(2)31-27-26(12-7-15-30-27)29(33)13-16-32(17-14-29)19-28-18-23(21-8-3-5-10-24(21)28)22-9-4-6-11-25(22)28/h3-12,15,20,23,33H,13-14,16-19H2,1-2H3,(H,30,31). The number of nitrogens with zero attached hydrogens (tertiary/aromatic N) is 2. The monoisotopic (exact) mass is 439 g/mol. The Morgan fingerprint density at radius 3 is 2.18 bits per heavy atom. The highest BCUT2D eigenvalue weighted by atomic mass is 16.3. The minimum atomic E-state index is -0.830. The molecule has 4 nitrogen and oxygen atoms in total. The van der Waals surface area contributed by atoms with E-state index in [1.54, 1.807) is 6.20 Å². The van der Waals surface area contributed by atoms with Gasteiger partial charge in [-0.15, -0.1) is 0 Å². The van der Waals surface area contributed by atoms with E-state index in [9.17, 15) is 5.11 Å². The Morgan fingerprint density at radius 2 is 1.55 bits per heavy atom. The summed E-state index contributed by atoms with van der Waals surface area (Å²) < 4.78 is 0. The van der Waals surface area contributed by atoms with Crippen molar-refractivity contribution in [2.24, 2.45) is 0 Å². The van der Waals surface area contributed by atoms with E-state index in [2.05, 4.69) is 77.6 Å². The molecule has 1 aromatic heterocycles. The summed E-state index contributed by atoms with van der Waals surface area (Å²) in [6, 6.07) is 22.4. The highest BCUT2D eigenvalue weighted by Gasteiger charge is 2.53. The molecule has 2 aromatic carbocycles. The summed E-state index contributed by atoms with van der Waals surface area (Å²) in [5.74, 6) is 1.35. The van der Waals surface area contributed by atoms with Crippen molar-refractivity contribution >= 4 is 5.82 Å². The molecule has 0 atom stereocenters. The lowest BCUT2D eigenvalue weighted by Gasteiger charge is -2.43. The predicted octanol–water partition coefficient (Wildman–Crippen LogP) is 5.02. The molecule has 0 unspecified atom stereocenters. The van der Waals surface area contributed by atoms with Crippen molar-refractivity contribution in [3.05, 3.63) is 94.7 Å². The number of benzene rings is 2. The third kappa shape index (κ3) is 3.23.